The number of allylic oxidation sites excluding steroid dienone is 4. The van der Waals surface area contributed by atoms with E-state index in [0.717, 1.165) is 32.2 Å². The number of unbranched alkanes of at least 4 members (excludes halogenated alkanes) is 30. The molecule has 0 aliphatic carbocycles. The van der Waals surface area contributed by atoms with Crippen LogP contribution in [0.2, 0.25) is 0 Å². The van der Waals surface area contributed by atoms with E-state index in [4.69, 9.17) is 5.73 Å². The summed E-state index contributed by atoms with van der Waals surface area (Å²) in [4.78, 5) is 22.8. The lowest BCUT2D eigenvalue weighted by atomic mass is 10.0. The van der Waals surface area contributed by atoms with Gasteiger partial charge in [0, 0.05) is 19.4 Å². The van der Waals surface area contributed by atoms with Crippen LogP contribution in [0.5, 0.6) is 0 Å². The third kappa shape index (κ3) is 42.4. The van der Waals surface area contributed by atoms with Gasteiger partial charge in [0.25, 0.3) is 0 Å². The molecule has 0 aromatic carbocycles. The van der Waals surface area contributed by atoms with Crippen LogP contribution < -0.4 is 11.1 Å². The van der Waals surface area contributed by atoms with Crippen molar-refractivity contribution in [2.24, 2.45) is 5.73 Å². The fraction of sp³-hybridized carbons (Fsp3) is 0.864. The molecule has 0 fully saturated rings. The van der Waals surface area contributed by atoms with E-state index in [-0.39, 0.29) is 11.8 Å². The minimum atomic E-state index is -0.171. The highest BCUT2D eigenvalue weighted by molar-refractivity contribution is 5.75. The molecule has 2 amide bonds. The fourth-order valence-corrected chi connectivity index (χ4v) is 6.51. The predicted molar refractivity (Wildman–Crippen MR) is 212 cm³/mol. The molecule has 0 saturated carbocycles. The summed E-state index contributed by atoms with van der Waals surface area (Å²) in [7, 11) is 0. The largest absolute Gasteiger partial charge is 0.370 e. The van der Waals surface area contributed by atoms with Crippen LogP contribution in [0.1, 0.15) is 238 Å². The zero-order valence-electron chi connectivity index (χ0n) is 32.4. The van der Waals surface area contributed by atoms with E-state index >= 15 is 0 Å². The van der Waals surface area contributed by atoms with E-state index in [9.17, 15) is 9.59 Å². The van der Waals surface area contributed by atoms with Gasteiger partial charge in [-0.25, -0.2) is 0 Å². The van der Waals surface area contributed by atoms with Crippen LogP contribution in [0.4, 0.5) is 0 Å². The van der Waals surface area contributed by atoms with Gasteiger partial charge in [0.2, 0.25) is 11.8 Å². The van der Waals surface area contributed by atoms with Crippen molar-refractivity contribution in [3.8, 4) is 0 Å². The van der Waals surface area contributed by atoms with Gasteiger partial charge in [0.05, 0.1) is 0 Å². The molecule has 0 heterocycles. The average molecular weight is 673 g/mol. The first-order chi connectivity index (χ1) is 23.7. The molecule has 0 rings (SSSR count). The summed E-state index contributed by atoms with van der Waals surface area (Å²) in [5, 5.41) is 3.14. The molecule has 282 valence electrons. The van der Waals surface area contributed by atoms with Gasteiger partial charge in [-0.2, -0.15) is 0 Å². The van der Waals surface area contributed by atoms with Crippen molar-refractivity contribution in [3.05, 3.63) is 24.3 Å². The van der Waals surface area contributed by atoms with Crippen molar-refractivity contribution >= 4 is 11.8 Å². The van der Waals surface area contributed by atoms with Gasteiger partial charge in [0.15, 0.2) is 0 Å². The Bertz CT molecular complexity index is 717. The second-order valence-electron chi connectivity index (χ2n) is 14.7. The van der Waals surface area contributed by atoms with E-state index in [1.165, 1.54) is 193 Å². The van der Waals surface area contributed by atoms with Crippen LogP contribution in [0.25, 0.3) is 0 Å². The number of hydrogen-bond donors (Lipinski definition) is 2. The van der Waals surface area contributed by atoms with E-state index in [0.29, 0.717) is 12.8 Å². The third-order valence-electron chi connectivity index (χ3n) is 9.75. The molecule has 4 heteroatoms. The molecule has 0 unspecified atom stereocenters. The maximum atomic E-state index is 12.1. The first-order valence-electron chi connectivity index (χ1n) is 21.5. The number of hydrogen-bond acceptors (Lipinski definition) is 2. The Balaban J connectivity index is 3.21. The summed E-state index contributed by atoms with van der Waals surface area (Å²) in [5.41, 5.74) is 5.17. The second-order valence-corrected chi connectivity index (χ2v) is 14.7. The molecular weight excluding hydrogens is 588 g/mol. The Morgan fingerprint density at radius 3 is 1.04 bits per heavy atom. The lowest BCUT2D eigenvalue weighted by Crippen LogP contribution is -2.23. The number of amides is 2. The van der Waals surface area contributed by atoms with Crippen LogP contribution >= 0.6 is 0 Å². The fourth-order valence-electron chi connectivity index (χ4n) is 6.51. The van der Waals surface area contributed by atoms with Crippen molar-refractivity contribution in [1.29, 1.82) is 0 Å². The van der Waals surface area contributed by atoms with Crippen LogP contribution in [-0.4, -0.2) is 18.4 Å². The molecule has 0 saturated heterocycles. The van der Waals surface area contributed by atoms with Gasteiger partial charge in [-0.15, -0.1) is 0 Å². The quantitative estimate of drug-likeness (QED) is 0.0502. The van der Waals surface area contributed by atoms with Crippen molar-refractivity contribution in [2.75, 3.05) is 6.54 Å². The monoisotopic (exact) mass is 673 g/mol. The zero-order chi connectivity index (χ0) is 34.9. The summed E-state index contributed by atoms with van der Waals surface area (Å²) >= 11 is 0. The molecule has 4 nitrogen and oxygen atoms in total. The number of nitrogens with one attached hydrogen (secondary N) is 1. The van der Waals surface area contributed by atoms with Crippen molar-refractivity contribution < 1.29 is 9.59 Å². The standard InChI is InChI=1S/C44H84N2O2/c1-2-3-4-5-6-7-8-9-10-11-12-15-18-21-24-27-30-33-36-39-42-46-44(48)41-38-35-32-29-26-23-20-17-14-13-16-19-22-25-28-31-34-37-40-43(45)47/h9-10,16,19H,2-8,11-15,17-18,20-42H2,1H3,(H2,45,47)(H,46,48). The Hall–Kier alpha value is -1.58. The van der Waals surface area contributed by atoms with Crippen molar-refractivity contribution in [1.82, 2.24) is 5.32 Å². The van der Waals surface area contributed by atoms with Gasteiger partial charge in [-0.3, -0.25) is 9.59 Å². The minimum Gasteiger partial charge on any atom is -0.370 e. The van der Waals surface area contributed by atoms with Crippen LogP contribution in [0.3, 0.4) is 0 Å². The van der Waals surface area contributed by atoms with Gasteiger partial charge in [0.1, 0.15) is 0 Å². The summed E-state index contributed by atoms with van der Waals surface area (Å²) in [6.45, 7) is 3.15. The smallest absolute Gasteiger partial charge is 0.219 e. The molecule has 0 radical (unpaired) electrons. The maximum Gasteiger partial charge on any atom is 0.219 e. The second kappa shape index (κ2) is 41.6. The van der Waals surface area contributed by atoms with Crippen LogP contribution in [0.15, 0.2) is 24.3 Å². The molecule has 0 spiro atoms. The summed E-state index contributed by atoms with van der Waals surface area (Å²) in [6.07, 6.45) is 55.0. The predicted octanol–water partition coefficient (Wildman–Crippen LogP) is 13.8. The molecule has 0 aromatic rings. The number of rotatable bonds is 40. The molecule has 0 aromatic heterocycles. The van der Waals surface area contributed by atoms with Gasteiger partial charge >= 0.3 is 0 Å². The zero-order valence-corrected chi connectivity index (χ0v) is 32.4. The van der Waals surface area contributed by atoms with Crippen LogP contribution in [0, 0.1) is 0 Å². The third-order valence-corrected chi connectivity index (χ3v) is 9.75. The lowest BCUT2D eigenvalue weighted by molar-refractivity contribution is -0.121. The van der Waals surface area contributed by atoms with E-state index in [1.54, 1.807) is 0 Å². The van der Waals surface area contributed by atoms with E-state index in [2.05, 4.69) is 36.5 Å². The minimum absolute atomic E-state index is 0.171. The molecule has 0 aliphatic rings. The van der Waals surface area contributed by atoms with Crippen LogP contribution in [-0.2, 0) is 9.59 Å². The van der Waals surface area contributed by atoms with E-state index in [1.807, 2.05) is 0 Å². The first-order valence-corrected chi connectivity index (χ1v) is 21.5. The summed E-state index contributed by atoms with van der Waals surface area (Å²) in [6, 6.07) is 0. The highest BCUT2D eigenvalue weighted by Crippen LogP contribution is 2.14. The van der Waals surface area contributed by atoms with Gasteiger partial charge in [-0.1, -0.05) is 179 Å². The van der Waals surface area contributed by atoms with E-state index < -0.39 is 0 Å². The SMILES string of the molecule is CCCCCCCCC=CCCCCCCCCCCCCNC(=O)CCCCCCCCCCCC=CCCCCCCCC(N)=O. The lowest BCUT2D eigenvalue weighted by Gasteiger charge is -2.06. The topological polar surface area (TPSA) is 72.2 Å². The number of nitrogens with two attached hydrogens (primary N) is 1. The maximum absolute atomic E-state index is 12.1. The number of carbonyl (C=O) groups is 2. The normalized spacial score (nSPS) is 11.7. The summed E-state index contributed by atoms with van der Waals surface area (Å²) in [5.74, 6) is 0.0881. The van der Waals surface area contributed by atoms with Gasteiger partial charge < -0.3 is 11.1 Å². The van der Waals surface area contributed by atoms with Crippen molar-refractivity contribution in [2.45, 2.75) is 238 Å². The Kier molecular flexibility index (Phi) is 40.2. The highest BCUT2D eigenvalue weighted by Gasteiger charge is 2.01. The molecule has 0 bridgehead atoms. The average Bonchev–Trinajstić information content (AvgIpc) is 3.08. The molecule has 0 atom stereocenters. The molecular formula is C44H84N2O2. The number of primary amides is 1. The Morgan fingerprint density at radius 1 is 0.396 bits per heavy atom. The highest BCUT2D eigenvalue weighted by atomic mass is 16.1. The Morgan fingerprint density at radius 2 is 0.688 bits per heavy atom. The molecule has 3 N–H and O–H groups in total. The first kappa shape index (κ1) is 46.4. The molecule has 48 heavy (non-hydrogen) atoms. The molecule has 0 aliphatic heterocycles. The van der Waals surface area contributed by atoms with Crippen molar-refractivity contribution in [3.63, 3.8) is 0 Å². The number of carbonyl (C=O) groups excluding carboxylic acids is 2. The summed E-state index contributed by atoms with van der Waals surface area (Å²) < 4.78 is 0. The van der Waals surface area contributed by atoms with Gasteiger partial charge in [-0.05, 0) is 70.6 Å². The Labute approximate surface area is 300 Å².